The summed E-state index contributed by atoms with van der Waals surface area (Å²) in [5.41, 5.74) is 2.45. The number of piperidine rings is 1. The molecule has 4 rings (SSSR count). The van der Waals surface area contributed by atoms with Gasteiger partial charge < -0.3 is 9.64 Å². The zero-order valence-corrected chi connectivity index (χ0v) is 16.7. The van der Waals surface area contributed by atoms with E-state index >= 15 is 0 Å². The number of likely N-dealkylation sites (tertiary alicyclic amines) is 1. The van der Waals surface area contributed by atoms with Crippen molar-refractivity contribution in [2.24, 2.45) is 0 Å². The Hall–Kier alpha value is -3.28. The second kappa shape index (κ2) is 9.48. The molecular weight excluding hydrogens is 381 g/mol. The number of para-hydroxylation sites is 1. The molecule has 0 N–H and O–H groups in total. The molecule has 154 valence electrons. The summed E-state index contributed by atoms with van der Waals surface area (Å²) in [5.74, 6) is 0.677. The molecule has 1 fully saturated rings. The number of ether oxygens (including phenoxy) is 1. The Balaban J connectivity index is 1.41. The number of hydrogen-bond acceptors (Lipinski definition) is 4. The summed E-state index contributed by atoms with van der Waals surface area (Å²) in [6.45, 7) is 1.71. The molecule has 0 radical (unpaired) electrons. The van der Waals surface area contributed by atoms with E-state index in [2.05, 4.69) is 9.97 Å². The fraction of sp³-hybridized carbons (Fsp3) is 0.292. The standard InChI is InChI=1S/C24H24FN3O2/c25-20-10-8-18(9-11-20)23-24(27-14-13-26-23)19-5-4-15-28(17-19)22(29)12-16-30-21-6-2-1-3-7-21/h1-3,6-11,13-14,19H,4-5,12,15-17H2/t19-/m0/s1. The third-order valence-electron chi connectivity index (χ3n) is 5.33. The van der Waals surface area contributed by atoms with E-state index in [9.17, 15) is 9.18 Å². The Kier molecular flexibility index (Phi) is 6.32. The Morgan fingerprint density at radius 3 is 2.63 bits per heavy atom. The quantitative estimate of drug-likeness (QED) is 0.608. The topological polar surface area (TPSA) is 55.3 Å². The molecule has 0 aliphatic carbocycles. The minimum atomic E-state index is -0.281. The van der Waals surface area contributed by atoms with Crippen LogP contribution in [0.2, 0.25) is 0 Å². The lowest BCUT2D eigenvalue weighted by molar-refractivity contribution is -0.132. The number of amides is 1. The average Bonchev–Trinajstić information content (AvgIpc) is 2.80. The van der Waals surface area contributed by atoms with Crippen molar-refractivity contribution in [3.05, 3.63) is 78.5 Å². The molecular formula is C24H24FN3O2. The molecule has 30 heavy (non-hydrogen) atoms. The van der Waals surface area contributed by atoms with Gasteiger partial charge in [0.2, 0.25) is 5.91 Å². The van der Waals surface area contributed by atoms with Crippen LogP contribution >= 0.6 is 0 Å². The van der Waals surface area contributed by atoms with E-state index < -0.39 is 0 Å². The molecule has 0 spiro atoms. The number of carbonyl (C=O) groups is 1. The van der Waals surface area contributed by atoms with Gasteiger partial charge in [-0.15, -0.1) is 0 Å². The minimum absolute atomic E-state index is 0.0860. The molecule has 1 atom stereocenters. The molecule has 1 aromatic heterocycles. The predicted octanol–water partition coefficient (Wildman–Crippen LogP) is 4.46. The highest BCUT2D eigenvalue weighted by atomic mass is 19.1. The fourth-order valence-electron chi connectivity index (χ4n) is 3.84. The van der Waals surface area contributed by atoms with E-state index in [1.807, 2.05) is 35.2 Å². The van der Waals surface area contributed by atoms with Crippen LogP contribution in [0.25, 0.3) is 11.3 Å². The summed E-state index contributed by atoms with van der Waals surface area (Å²) < 4.78 is 19.0. The lowest BCUT2D eigenvalue weighted by Crippen LogP contribution is -2.40. The van der Waals surface area contributed by atoms with Crippen LogP contribution in [0.15, 0.2) is 67.0 Å². The summed E-state index contributed by atoms with van der Waals surface area (Å²) in [5, 5.41) is 0. The molecule has 0 unspecified atom stereocenters. The predicted molar refractivity (Wildman–Crippen MR) is 113 cm³/mol. The van der Waals surface area contributed by atoms with Crippen molar-refractivity contribution in [2.75, 3.05) is 19.7 Å². The van der Waals surface area contributed by atoms with Gasteiger partial charge in [-0.25, -0.2) is 4.39 Å². The van der Waals surface area contributed by atoms with Gasteiger partial charge in [0, 0.05) is 37.0 Å². The summed E-state index contributed by atoms with van der Waals surface area (Å²) in [6, 6.07) is 15.8. The molecule has 2 aromatic carbocycles. The van der Waals surface area contributed by atoms with E-state index in [0.717, 1.165) is 42.1 Å². The number of nitrogens with zero attached hydrogens (tertiary/aromatic N) is 3. The van der Waals surface area contributed by atoms with E-state index in [0.29, 0.717) is 19.6 Å². The molecule has 2 heterocycles. The van der Waals surface area contributed by atoms with Crippen LogP contribution in [0.3, 0.4) is 0 Å². The first kappa shape index (κ1) is 20.0. The number of rotatable bonds is 6. The van der Waals surface area contributed by atoms with Crippen molar-refractivity contribution in [2.45, 2.75) is 25.2 Å². The van der Waals surface area contributed by atoms with Crippen LogP contribution in [0.1, 0.15) is 30.9 Å². The van der Waals surface area contributed by atoms with Crippen molar-refractivity contribution >= 4 is 5.91 Å². The molecule has 3 aromatic rings. The second-order valence-electron chi connectivity index (χ2n) is 7.39. The Bertz CT molecular complexity index is 979. The van der Waals surface area contributed by atoms with Gasteiger partial charge >= 0.3 is 0 Å². The van der Waals surface area contributed by atoms with Crippen molar-refractivity contribution in [3.63, 3.8) is 0 Å². The molecule has 1 aliphatic heterocycles. The highest BCUT2D eigenvalue weighted by molar-refractivity contribution is 5.76. The van der Waals surface area contributed by atoms with E-state index in [-0.39, 0.29) is 17.6 Å². The number of benzene rings is 2. The molecule has 1 saturated heterocycles. The van der Waals surface area contributed by atoms with Gasteiger partial charge in [0.25, 0.3) is 0 Å². The van der Waals surface area contributed by atoms with Gasteiger partial charge in [0.15, 0.2) is 0 Å². The van der Waals surface area contributed by atoms with Gasteiger partial charge in [0.1, 0.15) is 11.6 Å². The lowest BCUT2D eigenvalue weighted by Gasteiger charge is -2.33. The molecule has 0 saturated carbocycles. The maximum absolute atomic E-state index is 13.3. The van der Waals surface area contributed by atoms with Gasteiger partial charge in [-0.1, -0.05) is 18.2 Å². The first-order chi connectivity index (χ1) is 14.7. The molecule has 0 bridgehead atoms. The number of aromatic nitrogens is 2. The highest BCUT2D eigenvalue weighted by Crippen LogP contribution is 2.32. The Morgan fingerprint density at radius 1 is 1.07 bits per heavy atom. The van der Waals surface area contributed by atoms with Crippen LogP contribution in [0, 0.1) is 5.82 Å². The number of hydrogen-bond donors (Lipinski definition) is 0. The first-order valence-corrected chi connectivity index (χ1v) is 10.2. The number of halogens is 1. The first-order valence-electron chi connectivity index (χ1n) is 10.2. The minimum Gasteiger partial charge on any atom is -0.493 e. The molecule has 6 heteroatoms. The maximum atomic E-state index is 13.3. The van der Waals surface area contributed by atoms with Crippen molar-refractivity contribution in [3.8, 4) is 17.0 Å². The van der Waals surface area contributed by atoms with Crippen LogP contribution in [0.4, 0.5) is 4.39 Å². The Labute approximate surface area is 175 Å². The zero-order chi connectivity index (χ0) is 20.8. The second-order valence-corrected chi connectivity index (χ2v) is 7.39. The van der Waals surface area contributed by atoms with E-state index in [4.69, 9.17) is 4.74 Å². The molecule has 5 nitrogen and oxygen atoms in total. The summed E-state index contributed by atoms with van der Waals surface area (Å²) in [4.78, 5) is 23.7. The maximum Gasteiger partial charge on any atom is 0.226 e. The number of carbonyl (C=O) groups excluding carboxylic acids is 1. The largest absolute Gasteiger partial charge is 0.493 e. The third kappa shape index (κ3) is 4.82. The zero-order valence-electron chi connectivity index (χ0n) is 16.7. The Morgan fingerprint density at radius 2 is 1.83 bits per heavy atom. The van der Waals surface area contributed by atoms with E-state index in [1.165, 1.54) is 12.1 Å². The third-order valence-corrected chi connectivity index (χ3v) is 5.33. The van der Waals surface area contributed by atoms with Gasteiger partial charge in [-0.2, -0.15) is 0 Å². The molecule has 1 amide bonds. The van der Waals surface area contributed by atoms with Crippen LogP contribution in [0.5, 0.6) is 5.75 Å². The summed E-state index contributed by atoms with van der Waals surface area (Å²) in [6.07, 6.45) is 5.52. The van der Waals surface area contributed by atoms with Crippen molar-refractivity contribution in [1.82, 2.24) is 14.9 Å². The monoisotopic (exact) mass is 405 g/mol. The fourth-order valence-corrected chi connectivity index (χ4v) is 3.84. The SMILES string of the molecule is O=C(CCOc1ccccc1)N1CCC[C@H](c2nccnc2-c2ccc(F)cc2)C1. The van der Waals surface area contributed by atoms with Gasteiger partial charge in [-0.3, -0.25) is 14.8 Å². The highest BCUT2D eigenvalue weighted by Gasteiger charge is 2.27. The normalized spacial score (nSPS) is 16.3. The van der Waals surface area contributed by atoms with Gasteiger partial charge in [-0.05, 0) is 49.2 Å². The smallest absolute Gasteiger partial charge is 0.226 e. The average molecular weight is 405 g/mol. The van der Waals surface area contributed by atoms with E-state index in [1.54, 1.807) is 24.5 Å². The van der Waals surface area contributed by atoms with Gasteiger partial charge in [0.05, 0.1) is 24.4 Å². The van der Waals surface area contributed by atoms with Crippen molar-refractivity contribution < 1.29 is 13.9 Å². The lowest BCUT2D eigenvalue weighted by atomic mass is 9.91. The molecule has 1 aliphatic rings. The van der Waals surface area contributed by atoms with Crippen LogP contribution in [-0.2, 0) is 4.79 Å². The van der Waals surface area contributed by atoms with Crippen LogP contribution < -0.4 is 4.74 Å². The summed E-state index contributed by atoms with van der Waals surface area (Å²) in [7, 11) is 0. The van der Waals surface area contributed by atoms with Crippen molar-refractivity contribution in [1.29, 1.82) is 0 Å². The summed E-state index contributed by atoms with van der Waals surface area (Å²) >= 11 is 0. The van der Waals surface area contributed by atoms with Crippen LogP contribution in [-0.4, -0.2) is 40.5 Å².